The first-order valence-electron chi connectivity index (χ1n) is 10.0. The van der Waals surface area contributed by atoms with Gasteiger partial charge in [-0.15, -0.1) is 0 Å². The number of aliphatic hydroxyl groups excluding tert-OH is 2. The maximum atomic E-state index is 11.3. The van der Waals surface area contributed by atoms with Crippen molar-refractivity contribution in [1.82, 2.24) is 0 Å². The zero-order valence-electron chi connectivity index (χ0n) is 15.5. The van der Waals surface area contributed by atoms with Gasteiger partial charge in [-0.1, -0.05) is 25.5 Å². The fraction of sp³-hybridized carbons (Fsp3) is 0.905. The van der Waals surface area contributed by atoms with Gasteiger partial charge >= 0.3 is 0 Å². The molecule has 0 amide bonds. The Balaban J connectivity index is 1.67. The van der Waals surface area contributed by atoms with Crippen LogP contribution in [-0.2, 0) is 0 Å². The molecule has 3 saturated carbocycles. The summed E-state index contributed by atoms with van der Waals surface area (Å²) in [5.74, 6) is 1.87. The van der Waals surface area contributed by atoms with Gasteiger partial charge in [0, 0.05) is 5.41 Å². The molecule has 3 nitrogen and oxygen atoms in total. The molecule has 0 aromatic rings. The van der Waals surface area contributed by atoms with Gasteiger partial charge in [-0.2, -0.15) is 0 Å². The number of fused-ring (bicyclic) bond motifs is 5. The lowest BCUT2D eigenvalue weighted by atomic mass is 9.46. The minimum absolute atomic E-state index is 0.145. The Kier molecular flexibility index (Phi) is 3.77. The molecular formula is C21H34O3. The van der Waals surface area contributed by atoms with Crippen molar-refractivity contribution >= 4 is 0 Å². The first kappa shape index (κ1) is 17.1. The summed E-state index contributed by atoms with van der Waals surface area (Å²) in [5, 5.41) is 31.6. The molecule has 24 heavy (non-hydrogen) atoms. The first-order valence-corrected chi connectivity index (χ1v) is 10.0. The second-order valence-electron chi connectivity index (χ2n) is 9.73. The zero-order valence-corrected chi connectivity index (χ0v) is 15.5. The van der Waals surface area contributed by atoms with Crippen LogP contribution in [0.1, 0.15) is 72.1 Å². The van der Waals surface area contributed by atoms with E-state index >= 15 is 0 Å². The molecule has 4 aliphatic rings. The van der Waals surface area contributed by atoms with Crippen LogP contribution in [0.15, 0.2) is 11.6 Å². The van der Waals surface area contributed by atoms with Gasteiger partial charge in [0.2, 0.25) is 0 Å². The van der Waals surface area contributed by atoms with Crippen LogP contribution in [0, 0.1) is 28.6 Å². The number of hydrogen-bond acceptors (Lipinski definition) is 3. The van der Waals surface area contributed by atoms with Crippen LogP contribution in [0.5, 0.6) is 0 Å². The van der Waals surface area contributed by atoms with Crippen LogP contribution < -0.4 is 0 Å². The van der Waals surface area contributed by atoms with Crippen LogP contribution in [-0.4, -0.2) is 33.1 Å². The minimum Gasteiger partial charge on any atom is -0.390 e. The van der Waals surface area contributed by atoms with E-state index in [0.29, 0.717) is 17.8 Å². The summed E-state index contributed by atoms with van der Waals surface area (Å²) in [6, 6.07) is 0. The zero-order chi connectivity index (χ0) is 17.3. The largest absolute Gasteiger partial charge is 0.390 e. The van der Waals surface area contributed by atoms with Gasteiger partial charge in [-0.25, -0.2) is 0 Å². The van der Waals surface area contributed by atoms with Gasteiger partial charge < -0.3 is 15.3 Å². The van der Waals surface area contributed by atoms with Gasteiger partial charge in [0.05, 0.1) is 17.8 Å². The van der Waals surface area contributed by atoms with Crippen molar-refractivity contribution in [2.24, 2.45) is 28.6 Å². The first-order chi connectivity index (χ1) is 11.2. The maximum absolute atomic E-state index is 11.3. The summed E-state index contributed by atoms with van der Waals surface area (Å²) in [4.78, 5) is 0. The monoisotopic (exact) mass is 334 g/mol. The molecule has 3 fully saturated rings. The molecule has 3 N–H and O–H groups in total. The Bertz CT molecular complexity index is 555. The van der Waals surface area contributed by atoms with Crippen molar-refractivity contribution in [2.45, 2.75) is 89.9 Å². The summed E-state index contributed by atoms with van der Waals surface area (Å²) in [6.07, 6.45) is 9.51. The van der Waals surface area contributed by atoms with Gasteiger partial charge in [0.25, 0.3) is 0 Å². The average molecular weight is 335 g/mol. The molecule has 136 valence electrons. The molecule has 0 aromatic heterocycles. The molecule has 3 heteroatoms. The molecule has 0 aromatic carbocycles. The normalized spacial score (nSPS) is 55.2. The smallest absolute Gasteiger partial charge is 0.0958 e. The van der Waals surface area contributed by atoms with E-state index in [9.17, 15) is 15.3 Å². The van der Waals surface area contributed by atoms with E-state index in [1.165, 1.54) is 12.0 Å². The molecule has 8 unspecified atom stereocenters. The summed E-state index contributed by atoms with van der Waals surface area (Å²) in [7, 11) is 0. The number of aliphatic hydroxyl groups is 3. The summed E-state index contributed by atoms with van der Waals surface area (Å²) < 4.78 is 0. The molecule has 0 aliphatic heterocycles. The van der Waals surface area contributed by atoms with Gasteiger partial charge in [0.1, 0.15) is 0 Å². The van der Waals surface area contributed by atoms with Crippen molar-refractivity contribution < 1.29 is 15.3 Å². The highest BCUT2D eigenvalue weighted by Crippen LogP contribution is 2.68. The molecular weight excluding hydrogens is 300 g/mol. The summed E-state index contributed by atoms with van der Waals surface area (Å²) >= 11 is 0. The molecule has 4 aliphatic carbocycles. The predicted octanol–water partition coefficient (Wildman–Crippen LogP) is 3.42. The second kappa shape index (κ2) is 5.31. The van der Waals surface area contributed by atoms with Gasteiger partial charge in [-0.3, -0.25) is 0 Å². The molecule has 4 rings (SSSR count). The van der Waals surface area contributed by atoms with E-state index in [1.807, 2.05) is 0 Å². The van der Waals surface area contributed by atoms with E-state index in [2.05, 4.69) is 19.9 Å². The van der Waals surface area contributed by atoms with Crippen molar-refractivity contribution in [3.05, 3.63) is 11.6 Å². The lowest BCUT2D eigenvalue weighted by Gasteiger charge is -2.59. The predicted molar refractivity (Wildman–Crippen MR) is 94.3 cm³/mol. The molecule has 0 saturated heterocycles. The Hall–Kier alpha value is -0.380. The topological polar surface area (TPSA) is 60.7 Å². The van der Waals surface area contributed by atoms with E-state index in [4.69, 9.17) is 0 Å². The van der Waals surface area contributed by atoms with Crippen LogP contribution in [0.2, 0.25) is 0 Å². The lowest BCUT2D eigenvalue weighted by Crippen LogP contribution is -2.58. The third kappa shape index (κ3) is 2.01. The summed E-state index contributed by atoms with van der Waals surface area (Å²) in [6.45, 7) is 6.44. The minimum atomic E-state index is -0.914. The van der Waals surface area contributed by atoms with Crippen LogP contribution in [0.4, 0.5) is 0 Å². The molecule has 0 radical (unpaired) electrons. The van der Waals surface area contributed by atoms with Crippen LogP contribution >= 0.6 is 0 Å². The summed E-state index contributed by atoms with van der Waals surface area (Å²) in [5.41, 5.74) is 0.681. The van der Waals surface area contributed by atoms with Crippen molar-refractivity contribution in [3.63, 3.8) is 0 Å². The number of hydrogen-bond donors (Lipinski definition) is 3. The SMILES string of the molecule is CC(O)C1(O)CCC2C3CCC4=CC(O)CCC4(C)C3CCC21C. The quantitative estimate of drug-likeness (QED) is 0.644. The van der Waals surface area contributed by atoms with Gasteiger partial charge in [-0.05, 0) is 81.5 Å². The fourth-order valence-corrected chi connectivity index (χ4v) is 7.45. The van der Waals surface area contributed by atoms with Crippen molar-refractivity contribution in [3.8, 4) is 0 Å². The molecule has 0 heterocycles. The van der Waals surface area contributed by atoms with Crippen molar-refractivity contribution in [1.29, 1.82) is 0 Å². The Morgan fingerprint density at radius 1 is 1.04 bits per heavy atom. The van der Waals surface area contributed by atoms with Crippen molar-refractivity contribution in [2.75, 3.05) is 0 Å². The van der Waals surface area contributed by atoms with E-state index in [0.717, 1.165) is 44.9 Å². The number of rotatable bonds is 1. The maximum Gasteiger partial charge on any atom is 0.0958 e. The molecule has 0 bridgehead atoms. The average Bonchev–Trinajstić information content (AvgIpc) is 2.81. The highest BCUT2D eigenvalue weighted by Gasteiger charge is 2.65. The Morgan fingerprint density at radius 2 is 1.75 bits per heavy atom. The van der Waals surface area contributed by atoms with Gasteiger partial charge in [0.15, 0.2) is 0 Å². The Labute approximate surface area is 146 Å². The van der Waals surface area contributed by atoms with Crippen LogP contribution in [0.25, 0.3) is 0 Å². The van der Waals surface area contributed by atoms with E-state index in [-0.39, 0.29) is 16.9 Å². The lowest BCUT2D eigenvalue weighted by molar-refractivity contribution is -0.172. The van der Waals surface area contributed by atoms with Crippen LogP contribution in [0.3, 0.4) is 0 Å². The Morgan fingerprint density at radius 3 is 2.46 bits per heavy atom. The number of allylic oxidation sites excluding steroid dienone is 1. The fourth-order valence-electron chi connectivity index (χ4n) is 7.45. The van der Waals surface area contributed by atoms with E-state index < -0.39 is 11.7 Å². The third-order valence-electron chi connectivity index (χ3n) is 9.00. The molecule has 8 atom stereocenters. The highest BCUT2D eigenvalue weighted by atomic mass is 16.3. The van der Waals surface area contributed by atoms with E-state index in [1.54, 1.807) is 6.92 Å². The standard InChI is InChI=1S/C21H34O3/c1-13(22)21(24)11-8-18-16-5-4-14-12-15(23)6-9-19(14,2)17(16)7-10-20(18,21)3/h12-13,15-18,22-24H,4-11H2,1-3H3. The molecule has 0 spiro atoms. The second-order valence-corrected chi connectivity index (χ2v) is 9.73. The highest BCUT2D eigenvalue weighted by molar-refractivity contribution is 5.26. The third-order valence-corrected chi connectivity index (χ3v) is 9.00.